The molecule has 2 nitrogen and oxygen atoms in total. The molecule has 0 amide bonds. The minimum atomic E-state index is -0.0373. The molecule has 2 aromatic carbocycles. The van der Waals surface area contributed by atoms with Gasteiger partial charge in [0, 0.05) is 21.7 Å². The molecule has 0 aliphatic heterocycles. The van der Waals surface area contributed by atoms with Gasteiger partial charge in [-0.15, -0.1) is 11.8 Å². The maximum absolute atomic E-state index is 6.27. The van der Waals surface area contributed by atoms with Crippen molar-refractivity contribution in [2.45, 2.75) is 30.9 Å². The number of hydrogen-bond acceptors (Lipinski definition) is 3. The summed E-state index contributed by atoms with van der Waals surface area (Å²) >= 11 is 7.69. The summed E-state index contributed by atoms with van der Waals surface area (Å²) in [6, 6.07) is 15.8. The molecule has 2 aromatic rings. The fourth-order valence-corrected chi connectivity index (χ4v) is 3.13. The standard InChI is InChI=1S/C17H20ClNOS/c1-12(2)20-15-7-3-5-13(9-15)17(19)11-21-16-8-4-6-14(18)10-16/h3-10,12,17H,11,19H2,1-2H3. The van der Waals surface area contributed by atoms with Crippen molar-refractivity contribution < 1.29 is 4.74 Å². The van der Waals surface area contributed by atoms with Crippen molar-refractivity contribution in [1.82, 2.24) is 0 Å². The van der Waals surface area contributed by atoms with E-state index in [9.17, 15) is 0 Å². The van der Waals surface area contributed by atoms with Gasteiger partial charge in [-0.05, 0) is 49.7 Å². The Morgan fingerprint density at radius 2 is 1.90 bits per heavy atom. The number of ether oxygens (including phenoxy) is 1. The Bertz CT molecular complexity index is 589. The van der Waals surface area contributed by atoms with Crippen molar-refractivity contribution in [2.24, 2.45) is 5.73 Å². The number of halogens is 1. The van der Waals surface area contributed by atoms with Crippen LogP contribution in [0.2, 0.25) is 5.02 Å². The smallest absolute Gasteiger partial charge is 0.120 e. The van der Waals surface area contributed by atoms with E-state index in [1.54, 1.807) is 11.8 Å². The minimum absolute atomic E-state index is 0.0373. The molecular weight excluding hydrogens is 302 g/mol. The summed E-state index contributed by atoms with van der Waals surface area (Å²) in [5.74, 6) is 1.66. The van der Waals surface area contributed by atoms with Crippen LogP contribution < -0.4 is 10.5 Å². The first-order chi connectivity index (χ1) is 10.0. The molecule has 0 aliphatic rings. The molecule has 2 N–H and O–H groups in total. The molecular formula is C17H20ClNOS. The Morgan fingerprint density at radius 1 is 1.14 bits per heavy atom. The highest BCUT2D eigenvalue weighted by Gasteiger charge is 2.09. The number of benzene rings is 2. The van der Waals surface area contributed by atoms with E-state index in [1.807, 2.05) is 62.4 Å². The molecule has 0 fully saturated rings. The van der Waals surface area contributed by atoms with Crippen LogP contribution in [0.3, 0.4) is 0 Å². The monoisotopic (exact) mass is 321 g/mol. The van der Waals surface area contributed by atoms with Gasteiger partial charge in [-0.25, -0.2) is 0 Å². The van der Waals surface area contributed by atoms with Crippen LogP contribution >= 0.6 is 23.4 Å². The molecule has 0 radical (unpaired) electrons. The second-order valence-corrected chi connectivity index (χ2v) is 6.64. The van der Waals surface area contributed by atoms with Crippen molar-refractivity contribution in [3.63, 3.8) is 0 Å². The number of rotatable bonds is 6. The molecule has 1 atom stereocenters. The maximum Gasteiger partial charge on any atom is 0.120 e. The zero-order valence-corrected chi connectivity index (χ0v) is 13.8. The average molecular weight is 322 g/mol. The molecule has 0 saturated carbocycles. The van der Waals surface area contributed by atoms with Crippen molar-refractivity contribution in [3.8, 4) is 5.75 Å². The fourth-order valence-electron chi connectivity index (χ4n) is 1.93. The summed E-state index contributed by atoms with van der Waals surface area (Å²) in [5.41, 5.74) is 7.36. The highest BCUT2D eigenvalue weighted by molar-refractivity contribution is 7.99. The summed E-state index contributed by atoms with van der Waals surface area (Å²) in [6.07, 6.45) is 0.164. The third-order valence-electron chi connectivity index (χ3n) is 2.88. The van der Waals surface area contributed by atoms with Crippen LogP contribution in [0, 0.1) is 0 Å². The molecule has 2 rings (SSSR count). The highest BCUT2D eigenvalue weighted by atomic mass is 35.5. The SMILES string of the molecule is CC(C)Oc1cccc(C(N)CSc2cccc(Cl)c2)c1. The van der Waals surface area contributed by atoms with E-state index in [-0.39, 0.29) is 12.1 Å². The predicted molar refractivity (Wildman–Crippen MR) is 91.3 cm³/mol. The van der Waals surface area contributed by atoms with Crippen LogP contribution in [0.25, 0.3) is 0 Å². The molecule has 0 heterocycles. The van der Waals surface area contributed by atoms with Crippen molar-refractivity contribution >= 4 is 23.4 Å². The van der Waals surface area contributed by atoms with Crippen molar-refractivity contribution in [2.75, 3.05) is 5.75 Å². The second kappa shape index (κ2) is 7.74. The molecule has 0 aromatic heterocycles. The van der Waals surface area contributed by atoms with Gasteiger partial charge in [0.2, 0.25) is 0 Å². The van der Waals surface area contributed by atoms with E-state index in [1.165, 1.54) is 0 Å². The highest BCUT2D eigenvalue weighted by Crippen LogP contribution is 2.27. The molecule has 1 unspecified atom stereocenters. The summed E-state index contributed by atoms with van der Waals surface area (Å²) in [5, 5.41) is 0.751. The lowest BCUT2D eigenvalue weighted by Crippen LogP contribution is -2.13. The van der Waals surface area contributed by atoms with Gasteiger partial charge in [0.1, 0.15) is 5.75 Å². The lowest BCUT2D eigenvalue weighted by molar-refractivity contribution is 0.242. The number of nitrogens with two attached hydrogens (primary N) is 1. The Kier molecular flexibility index (Phi) is 5.97. The van der Waals surface area contributed by atoms with Crippen molar-refractivity contribution in [3.05, 3.63) is 59.1 Å². The minimum Gasteiger partial charge on any atom is -0.491 e. The van der Waals surface area contributed by atoms with Gasteiger partial charge in [-0.1, -0.05) is 29.8 Å². The Hall–Kier alpha value is -1.16. The van der Waals surface area contributed by atoms with Crippen molar-refractivity contribution in [1.29, 1.82) is 0 Å². The first kappa shape index (κ1) is 16.2. The van der Waals surface area contributed by atoms with E-state index >= 15 is 0 Å². The van der Waals surface area contributed by atoms with Gasteiger partial charge < -0.3 is 10.5 Å². The van der Waals surface area contributed by atoms with Crippen LogP contribution in [0.5, 0.6) is 5.75 Å². The molecule has 21 heavy (non-hydrogen) atoms. The first-order valence-corrected chi connectivity index (χ1v) is 8.31. The topological polar surface area (TPSA) is 35.2 Å². The quantitative estimate of drug-likeness (QED) is 0.767. The Labute approximate surface area is 135 Å². The van der Waals surface area contributed by atoms with Gasteiger partial charge in [0.25, 0.3) is 0 Å². The summed E-state index contributed by atoms with van der Waals surface area (Å²) < 4.78 is 5.70. The molecule has 4 heteroatoms. The Balaban J connectivity index is 1.98. The fraction of sp³-hybridized carbons (Fsp3) is 0.294. The van der Waals surface area contributed by atoms with Gasteiger partial charge in [0.15, 0.2) is 0 Å². The van der Waals surface area contributed by atoms with E-state index in [2.05, 4.69) is 0 Å². The van der Waals surface area contributed by atoms with Crippen LogP contribution in [0.1, 0.15) is 25.5 Å². The molecule has 112 valence electrons. The number of hydrogen-bond donors (Lipinski definition) is 1. The normalized spacial score (nSPS) is 12.4. The lowest BCUT2D eigenvalue weighted by atomic mass is 10.1. The van der Waals surface area contributed by atoms with Gasteiger partial charge in [0.05, 0.1) is 6.10 Å². The first-order valence-electron chi connectivity index (χ1n) is 6.95. The van der Waals surface area contributed by atoms with Crippen LogP contribution in [0.4, 0.5) is 0 Å². The van der Waals surface area contributed by atoms with E-state index in [0.29, 0.717) is 0 Å². The van der Waals surface area contributed by atoms with Gasteiger partial charge in [-0.3, -0.25) is 0 Å². The van der Waals surface area contributed by atoms with Gasteiger partial charge >= 0.3 is 0 Å². The summed E-state index contributed by atoms with van der Waals surface area (Å²) in [4.78, 5) is 1.13. The van der Waals surface area contributed by atoms with E-state index < -0.39 is 0 Å². The average Bonchev–Trinajstić information content (AvgIpc) is 2.44. The predicted octanol–water partition coefficient (Wildman–Crippen LogP) is 4.92. The zero-order chi connectivity index (χ0) is 15.2. The third kappa shape index (κ3) is 5.27. The Morgan fingerprint density at radius 3 is 2.62 bits per heavy atom. The molecule has 0 bridgehead atoms. The number of thioether (sulfide) groups is 1. The van der Waals surface area contributed by atoms with Crippen LogP contribution in [0.15, 0.2) is 53.4 Å². The lowest BCUT2D eigenvalue weighted by Gasteiger charge is -2.15. The van der Waals surface area contributed by atoms with E-state index in [0.717, 1.165) is 27.0 Å². The molecule has 0 saturated heterocycles. The molecule has 0 spiro atoms. The second-order valence-electron chi connectivity index (χ2n) is 5.11. The molecule has 0 aliphatic carbocycles. The maximum atomic E-state index is 6.27. The summed E-state index contributed by atoms with van der Waals surface area (Å²) in [6.45, 7) is 4.03. The zero-order valence-electron chi connectivity index (χ0n) is 12.3. The van der Waals surface area contributed by atoms with Gasteiger partial charge in [-0.2, -0.15) is 0 Å². The van der Waals surface area contributed by atoms with Crippen LogP contribution in [-0.4, -0.2) is 11.9 Å². The van der Waals surface area contributed by atoms with E-state index in [4.69, 9.17) is 22.1 Å². The third-order valence-corrected chi connectivity index (χ3v) is 4.23. The van der Waals surface area contributed by atoms with Crippen LogP contribution in [-0.2, 0) is 0 Å². The summed E-state index contributed by atoms with van der Waals surface area (Å²) in [7, 11) is 0. The largest absolute Gasteiger partial charge is 0.491 e.